The molecule has 2 amide bonds. The summed E-state index contributed by atoms with van der Waals surface area (Å²) >= 11 is 4.24. The van der Waals surface area contributed by atoms with Gasteiger partial charge in [0.05, 0.1) is 41.0 Å². The van der Waals surface area contributed by atoms with E-state index >= 15 is 0 Å². The molecule has 1 radical (unpaired) electrons. The van der Waals surface area contributed by atoms with Crippen molar-refractivity contribution in [1.82, 2.24) is 44.8 Å². The molecule has 0 N–H and O–H groups in total. The van der Waals surface area contributed by atoms with Crippen molar-refractivity contribution >= 4 is 93.2 Å². The van der Waals surface area contributed by atoms with Gasteiger partial charge in [0, 0.05) is 82.1 Å². The molecule has 0 fully saturated rings. The third kappa shape index (κ3) is 5.73. The molecule has 8 bridgehead atoms. The van der Waals surface area contributed by atoms with Crippen molar-refractivity contribution in [2.24, 2.45) is 0 Å². The minimum Gasteiger partial charge on any atom is -0.357 e. The number of hydrogen-bond acceptors (Lipinski definition) is 8. The predicted molar refractivity (Wildman–Crippen MR) is 223 cm³/mol. The van der Waals surface area contributed by atoms with Gasteiger partial charge in [-0.3, -0.25) is 14.5 Å². The number of rotatable bonds is 2. The normalized spacial score (nSPS) is 12.5. The van der Waals surface area contributed by atoms with Gasteiger partial charge in [-0.1, -0.05) is 97.1 Å². The molecule has 5 aromatic carbocycles. The van der Waals surface area contributed by atoms with E-state index in [9.17, 15) is 9.59 Å². The SMILES string of the molecule is II.O=C1c2ccccc2C(=O)N1Cc1ccc2c3nc4nc(nc5[n-]c(nc6nc(nc([n-]3)c2c1)-c1ccccc1-6)c1ccccc51)-c1ccccc1-4.[Cu+2]. The molecule has 3 aromatic heterocycles. The quantitative estimate of drug-likeness (QED) is 0.0938. The van der Waals surface area contributed by atoms with Crippen LogP contribution < -0.4 is 9.97 Å². The summed E-state index contributed by atoms with van der Waals surface area (Å²) in [4.78, 5) is 67.4. The van der Waals surface area contributed by atoms with Gasteiger partial charge in [-0.2, -0.15) is 0 Å². The zero-order chi connectivity index (χ0) is 36.5. The molecule has 14 heteroatoms. The van der Waals surface area contributed by atoms with Crippen LogP contribution in [0.2, 0.25) is 0 Å². The third-order valence-corrected chi connectivity index (χ3v) is 9.71. The minimum absolute atomic E-state index is 0. The first-order chi connectivity index (χ1) is 26.6. The second kappa shape index (κ2) is 14.0. The first-order valence-electron chi connectivity index (χ1n) is 16.8. The van der Waals surface area contributed by atoms with Gasteiger partial charge in [0.1, 0.15) is 0 Å². The van der Waals surface area contributed by atoms with Gasteiger partial charge in [-0.05, 0) is 45.3 Å². The number of aromatic nitrogens is 8. The number of carbonyl (C=O) groups is 2. The number of imide groups is 1. The number of carbonyl (C=O) groups excluding carboxylic acids is 2. The molecule has 3 aliphatic heterocycles. The molecular formula is C41H21CuI2N9O2. The number of nitrogens with zero attached hydrogens (tertiary/aromatic N) is 9. The first-order valence-corrected chi connectivity index (χ1v) is 23.1. The van der Waals surface area contributed by atoms with Crippen molar-refractivity contribution in [3.05, 3.63) is 132 Å². The molecule has 3 aliphatic rings. The molecule has 0 saturated heterocycles. The molecule has 0 unspecified atom stereocenters. The van der Waals surface area contributed by atoms with E-state index in [-0.39, 0.29) is 35.4 Å². The van der Waals surface area contributed by atoms with Gasteiger partial charge >= 0.3 is 17.1 Å². The summed E-state index contributed by atoms with van der Waals surface area (Å²) in [5.41, 5.74) is 6.61. The van der Waals surface area contributed by atoms with Crippen LogP contribution in [0.4, 0.5) is 0 Å². The van der Waals surface area contributed by atoms with Crippen molar-refractivity contribution in [3.63, 3.8) is 0 Å². The fourth-order valence-corrected chi connectivity index (χ4v) is 7.22. The molecule has 11 rings (SSSR count). The van der Waals surface area contributed by atoms with Gasteiger partial charge in [0.15, 0.2) is 0 Å². The van der Waals surface area contributed by atoms with Crippen molar-refractivity contribution in [2.75, 3.05) is 0 Å². The van der Waals surface area contributed by atoms with E-state index in [1.54, 1.807) is 24.3 Å². The van der Waals surface area contributed by atoms with E-state index in [1.807, 2.05) is 91.0 Å². The standard InChI is InChI=1S/C41H21N9O2.Cu.I2/c51-40-29-15-7-8-16-30(29)41(52)50(40)20-21-17-18-28-31(19-21)39-48-37-27-14-6-5-13-26(27)35(46-37)44-33-23-10-2-1-9-22(23)32(42-33)43-34-24-11-3-4-12-25(24)36(45-34)47-38(28)49-39;;1-2/h1-19H,20H2;;/q-2;+2;. The Morgan fingerprint density at radius 2 is 0.782 bits per heavy atom. The Morgan fingerprint density at radius 1 is 0.436 bits per heavy atom. The molecule has 0 saturated carbocycles. The molecule has 6 heterocycles. The zero-order valence-electron chi connectivity index (χ0n) is 28.1. The van der Waals surface area contributed by atoms with Gasteiger partial charge in [0.2, 0.25) is 0 Å². The number of amides is 2. The topological polar surface area (TPSA) is 143 Å². The summed E-state index contributed by atoms with van der Waals surface area (Å²) in [7, 11) is 0. The van der Waals surface area contributed by atoms with Crippen molar-refractivity contribution in [3.8, 4) is 45.6 Å². The van der Waals surface area contributed by atoms with Gasteiger partial charge in [-0.15, -0.1) is 0 Å². The summed E-state index contributed by atoms with van der Waals surface area (Å²) < 4.78 is 0. The van der Waals surface area contributed by atoms with E-state index in [1.165, 1.54) is 4.90 Å². The van der Waals surface area contributed by atoms with Crippen molar-refractivity contribution < 1.29 is 26.7 Å². The van der Waals surface area contributed by atoms with Crippen LogP contribution in [-0.4, -0.2) is 46.6 Å². The Balaban J connectivity index is 0.00000130. The number of hydrogen-bond donors (Lipinski definition) is 0. The monoisotopic (exact) mass is 988 g/mol. The van der Waals surface area contributed by atoms with Gasteiger partial charge < -0.3 is 29.9 Å². The summed E-state index contributed by atoms with van der Waals surface area (Å²) in [5.74, 6) is 1.22. The van der Waals surface area contributed by atoms with E-state index in [2.05, 4.69) is 37.2 Å². The molecule has 11 nitrogen and oxygen atoms in total. The fourth-order valence-electron chi connectivity index (χ4n) is 7.22. The molecule has 8 aromatic rings. The van der Waals surface area contributed by atoms with E-state index < -0.39 is 0 Å². The maximum absolute atomic E-state index is 13.2. The number of benzene rings is 5. The van der Waals surface area contributed by atoms with Crippen LogP contribution in [0.5, 0.6) is 0 Å². The second-order valence-electron chi connectivity index (χ2n) is 12.7. The van der Waals surface area contributed by atoms with Crippen LogP contribution in [0.1, 0.15) is 26.3 Å². The summed E-state index contributed by atoms with van der Waals surface area (Å²) in [5, 5.41) is 3.11. The van der Waals surface area contributed by atoms with Crippen LogP contribution in [0.3, 0.4) is 0 Å². The molecule has 0 atom stereocenters. The predicted octanol–water partition coefficient (Wildman–Crippen LogP) is 8.69. The maximum atomic E-state index is 13.2. The Morgan fingerprint density at radius 3 is 1.20 bits per heavy atom. The number of halogens is 2. The largest absolute Gasteiger partial charge is 2.00 e. The Hall–Kier alpha value is -5.42. The van der Waals surface area contributed by atoms with Crippen molar-refractivity contribution in [1.29, 1.82) is 0 Å². The van der Waals surface area contributed by atoms with E-state index in [4.69, 9.17) is 39.9 Å². The Labute approximate surface area is 345 Å². The average molecular weight is 989 g/mol. The maximum Gasteiger partial charge on any atom is 2.00 e. The van der Waals surface area contributed by atoms with Crippen LogP contribution in [0.25, 0.3) is 89.7 Å². The summed E-state index contributed by atoms with van der Waals surface area (Å²) in [6.45, 7) is 0.0856. The Bertz CT molecular complexity index is 3050. The van der Waals surface area contributed by atoms with Crippen LogP contribution >= 0.6 is 37.2 Å². The zero-order valence-corrected chi connectivity index (χ0v) is 33.3. The summed E-state index contributed by atoms with van der Waals surface area (Å²) in [6, 6.07) is 36.0. The molecule has 267 valence electrons. The summed E-state index contributed by atoms with van der Waals surface area (Å²) in [6.07, 6.45) is 0. The molecule has 0 spiro atoms. The van der Waals surface area contributed by atoms with Crippen LogP contribution in [-0.2, 0) is 23.6 Å². The number of fused-ring (bicyclic) bond motifs is 21. The van der Waals surface area contributed by atoms with Crippen LogP contribution in [0.15, 0.2) is 115 Å². The third-order valence-electron chi connectivity index (χ3n) is 9.71. The molecule has 0 aliphatic carbocycles. The average Bonchev–Trinajstić information content (AvgIpc) is 3.99. The van der Waals surface area contributed by atoms with E-state index in [0.29, 0.717) is 62.4 Å². The minimum atomic E-state index is -0.322. The van der Waals surface area contributed by atoms with Crippen molar-refractivity contribution in [2.45, 2.75) is 6.54 Å². The van der Waals surface area contributed by atoms with Crippen LogP contribution in [0, 0.1) is 0 Å². The van der Waals surface area contributed by atoms with Gasteiger partial charge in [-0.25, -0.2) is 9.97 Å². The Kier molecular flexibility index (Phi) is 8.99. The van der Waals surface area contributed by atoms with Gasteiger partial charge in [0.25, 0.3) is 11.8 Å². The molecule has 55 heavy (non-hydrogen) atoms. The smallest absolute Gasteiger partial charge is 0.357 e. The molecular weight excluding hydrogens is 968 g/mol. The van der Waals surface area contributed by atoms with E-state index in [0.717, 1.165) is 44.0 Å². The second-order valence-corrected chi connectivity index (χ2v) is 12.7. The first kappa shape index (κ1) is 35.3. The fraction of sp³-hybridized carbons (Fsp3) is 0.0244.